The summed E-state index contributed by atoms with van der Waals surface area (Å²) in [6.45, 7) is 17.6. The zero-order chi connectivity index (χ0) is 23.5. The number of hydrogen-bond acceptors (Lipinski definition) is 3. The van der Waals surface area contributed by atoms with Crippen LogP contribution in [0.1, 0.15) is 58.1 Å². The van der Waals surface area contributed by atoms with Crippen molar-refractivity contribution in [2.45, 2.75) is 97.4 Å². The second-order valence-corrected chi connectivity index (χ2v) is 31.9. The van der Waals surface area contributed by atoms with Crippen LogP contribution in [0.15, 0.2) is 23.8 Å². The van der Waals surface area contributed by atoms with Crippen LogP contribution in [0.5, 0.6) is 11.5 Å². The number of methoxy groups -OCH3 is 1. The van der Waals surface area contributed by atoms with Gasteiger partial charge in [0.05, 0.1) is 0 Å². The molecule has 1 aromatic carbocycles. The van der Waals surface area contributed by atoms with Crippen molar-refractivity contribution in [3.63, 3.8) is 0 Å². The van der Waals surface area contributed by atoms with Gasteiger partial charge in [0.25, 0.3) is 0 Å². The van der Waals surface area contributed by atoms with Crippen LogP contribution < -0.4 is 9.16 Å². The van der Waals surface area contributed by atoms with Crippen LogP contribution in [-0.4, -0.2) is 45.0 Å². The third-order valence-corrected chi connectivity index (χ3v) is 14.8. The summed E-state index contributed by atoms with van der Waals surface area (Å²) in [5, 5.41) is 11.4. The first-order valence-electron chi connectivity index (χ1n) is 11.3. The number of rotatable bonds is 9. The van der Waals surface area contributed by atoms with E-state index in [0.29, 0.717) is 0 Å². The van der Waals surface area contributed by atoms with Gasteiger partial charge in [-0.1, -0.05) is 0 Å². The fourth-order valence-corrected chi connectivity index (χ4v) is 6.94. The van der Waals surface area contributed by atoms with Crippen molar-refractivity contribution < 1.29 is 14.3 Å². The van der Waals surface area contributed by atoms with Crippen molar-refractivity contribution in [2.24, 2.45) is 0 Å². The summed E-state index contributed by atoms with van der Waals surface area (Å²) in [5.41, 5.74) is 3.20. The fraction of sp³-hybridized carbons (Fsp3) is 0.680. The summed E-state index contributed by atoms with van der Waals surface area (Å²) >= 11 is -1.91. The Kier molecular flexibility index (Phi) is 9.59. The molecule has 0 saturated carbocycles. The summed E-state index contributed by atoms with van der Waals surface area (Å²) in [6, 6.07) is 4.19. The number of aliphatic hydroxyl groups is 1. The SMILES string of the molecule is CC[C@@H](c1cc(O[Si](C)(C)C(C)(C)C)c(C)cc1OC)[C@@H](O)/C(C)=C/[CH2][Sn]([CH3])([CH3])[CH3]. The standard InChI is InChI=1S/C22H37O3Si.3CH3.Sn/c1-11-15(3)21(23)17(12-2)18-14-19(16(4)13-20(18)24-8)25-26(9,10)22(5,6)7;;;;/h11,13-14,17,21,23H,1,12H2,2-10H3;3*1H3;/b15-11+;;;;/t17-,21-;;;;/m0..../s1. The molecule has 0 aliphatic carbocycles. The Balaban J connectivity index is 3.39. The Hall–Kier alpha value is -0.464. The predicted octanol–water partition coefficient (Wildman–Crippen LogP) is 7.53. The molecule has 0 radical (unpaired) electrons. The maximum absolute atomic E-state index is 11.2. The Morgan fingerprint density at radius 3 is 2.17 bits per heavy atom. The number of aliphatic hydroxyl groups excluding tert-OH is 1. The monoisotopic (exact) mass is 542 g/mol. The average molecular weight is 541 g/mol. The number of hydrogen-bond donors (Lipinski definition) is 1. The van der Waals surface area contributed by atoms with Crippen molar-refractivity contribution in [3.8, 4) is 11.5 Å². The first-order valence-corrected chi connectivity index (χ1v) is 24.7. The summed E-state index contributed by atoms with van der Waals surface area (Å²) in [7, 11) is -0.252. The summed E-state index contributed by atoms with van der Waals surface area (Å²) in [6.07, 6.45) is 2.60. The van der Waals surface area contributed by atoms with Crippen LogP contribution in [0.4, 0.5) is 0 Å². The van der Waals surface area contributed by atoms with E-state index in [2.05, 4.69) is 87.7 Å². The third-order valence-electron chi connectivity index (χ3n) is 6.42. The zero-order valence-electron chi connectivity index (χ0n) is 21.6. The van der Waals surface area contributed by atoms with Crippen molar-refractivity contribution >= 4 is 26.7 Å². The second-order valence-electron chi connectivity index (χ2n) is 11.4. The van der Waals surface area contributed by atoms with Gasteiger partial charge in [-0.05, 0) is 0 Å². The Morgan fingerprint density at radius 1 is 1.17 bits per heavy atom. The van der Waals surface area contributed by atoms with Gasteiger partial charge in [-0.2, -0.15) is 0 Å². The maximum atomic E-state index is 11.2. The van der Waals surface area contributed by atoms with Crippen molar-refractivity contribution in [1.29, 1.82) is 0 Å². The molecule has 0 fully saturated rings. The summed E-state index contributed by atoms with van der Waals surface area (Å²) < 4.78 is 13.6. The van der Waals surface area contributed by atoms with Crippen LogP contribution in [0.3, 0.4) is 0 Å². The normalized spacial score (nSPS) is 15.7. The molecule has 0 aliphatic rings. The van der Waals surface area contributed by atoms with Crippen LogP contribution in [0, 0.1) is 6.92 Å². The predicted molar refractivity (Wildman–Crippen MR) is 137 cm³/mol. The van der Waals surface area contributed by atoms with E-state index < -0.39 is 32.8 Å². The molecule has 172 valence electrons. The summed E-state index contributed by atoms with van der Waals surface area (Å²) in [5.74, 6) is 1.74. The molecule has 0 aromatic heterocycles. The molecule has 0 unspecified atom stereocenters. The average Bonchev–Trinajstić information content (AvgIpc) is 2.60. The molecule has 0 amide bonds. The van der Waals surface area contributed by atoms with Gasteiger partial charge in [-0.3, -0.25) is 0 Å². The van der Waals surface area contributed by atoms with Gasteiger partial charge in [0.1, 0.15) is 0 Å². The number of aryl methyl sites for hydroxylation is 1. The van der Waals surface area contributed by atoms with E-state index in [4.69, 9.17) is 9.16 Å². The molecule has 1 rings (SSSR count). The number of allylic oxidation sites excluding steroid dienone is 1. The molecule has 0 saturated heterocycles. The zero-order valence-corrected chi connectivity index (χ0v) is 25.4. The van der Waals surface area contributed by atoms with E-state index in [1.807, 2.05) is 0 Å². The molecule has 30 heavy (non-hydrogen) atoms. The molecule has 1 N–H and O–H groups in total. The van der Waals surface area contributed by atoms with E-state index in [1.54, 1.807) is 7.11 Å². The molecule has 5 heteroatoms. The van der Waals surface area contributed by atoms with Gasteiger partial charge in [-0.25, -0.2) is 0 Å². The third kappa shape index (κ3) is 7.30. The van der Waals surface area contributed by atoms with Crippen LogP contribution in [0.25, 0.3) is 0 Å². The quantitative estimate of drug-likeness (QED) is 0.260. The van der Waals surface area contributed by atoms with E-state index >= 15 is 0 Å². The van der Waals surface area contributed by atoms with Gasteiger partial charge in [0.2, 0.25) is 0 Å². The second kappa shape index (κ2) is 10.4. The molecule has 3 nitrogen and oxygen atoms in total. The van der Waals surface area contributed by atoms with Crippen molar-refractivity contribution in [3.05, 3.63) is 34.9 Å². The molecular weight excluding hydrogens is 495 g/mol. The molecule has 0 heterocycles. The van der Waals surface area contributed by atoms with Gasteiger partial charge >= 0.3 is 192 Å². The van der Waals surface area contributed by atoms with E-state index in [-0.39, 0.29) is 11.0 Å². The topological polar surface area (TPSA) is 38.7 Å². The molecular formula is C25H46O3SiSn. The van der Waals surface area contributed by atoms with Crippen molar-refractivity contribution in [2.75, 3.05) is 7.11 Å². The summed E-state index contributed by atoms with van der Waals surface area (Å²) in [4.78, 5) is 7.28. The fourth-order valence-electron chi connectivity index (χ4n) is 3.20. The first kappa shape index (κ1) is 27.6. The van der Waals surface area contributed by atoms with Gasteiger partial charge in [0, 0.05) is 0 Å². The Labute approximate surface area is 191 Å². The van der Waals surface area contributed by atoms with Gasteiger partial charge in [-0.15, -0.1) is 0 Å². The molecule has 0 aliphatic heterocycles. The van der Waals surface area contributed by atoms with E-state index in [9.17, 15) is 5.11 Å². The van der Waals surface area contributed by atoms with E-state index in [0.717, 1.165) is 39.1 Å². The molecule has 2 atom stereocenters. The van der Waals surface area contributed by atoms with Gasteiger partial charge < -0.3 is 0 Å². The molecule has 0 spiro atoms. The Morgan fingerprint density at radius 2 is 1.73 bits per heavy atom. The Bertz CT molecular complexity index is 742. The number of ether oxygens (including phenoxy) is 1. The number of benzene rings is 1. The minimum absolute atomic E-state index is 0.0197. The van der Waals surface area contributed by atoms with Crippen LogP contribution in [0.2, 0.25) is 37.4 Å². The van der Waals surface area contributed by atoms with E-state index in [1.165, 1.54) is 0 Å². The first-order chi connectivity index (χ1) is 13.5. The van der Waals surface area contributed by atoms with Crippen LogP contribution in [-0.2, 0) is 0 Å². The van der Waals surface area contributed by atoms with Crippen LogP contribution >= 0.6 is 0 Å². The molecule has 1 aromatic rings. The van der Waals surface area contributed by atoms with Gasteiger partial charge in [0.15, 0.2) is 0 Å². The minimum atomic E-state index is -1.96. The molecule has 0 bridgehead atoms. The van der Waals surface area contributed by atoms with Crippen molar-refractivity contribution in [1.82, 2.24) is 0 Å².